The first kappa shape index (κ1) is 14.6. The van der Waals surface area contributed by atoms with Crippen LogP contribution >= 0.6 is 46.4 Å². The van der Waals surface area contributed by atoms with E-state index in [1.165, 1.54) is 3.57 Å². The van der Waals surface area contributed by atoms with E-state index in [4.69, 9.17) is 23.8 Å². The molecule has 0 aliphatic heterocycles. The van der Waals surface area contributed by atoms with Crippen molar-refractivity contribution in [3.63, 3.8) is 0 Å². The maximum absolute atomic E-state index is 5.92. The van der Waals surface area contributed by atoms with Crippen LogP contribution in [0.3, 0.4) is 0 Å². The molecule has 0 heterocycles. The van der Waals surface area contributed by atoms with Crippen LogP contribution in [0.15, 0.2) is 42.5 Å². The molecule has 19 heavy (non-hydrogen) atoms. The quantitative estimate of drug-likeness (QED) is 0.542. The highest BCUT2D eigenvalue weighted by atomic mass is 127. The summed E-state index contributed by atoms with van der Waals surface area (Å²) in [4.78, 5) is 0. The third-order valence-corrected chi connectivity index (χ3v) is 3.70. The Hall–Kier alpha value is -0.850. The number of nitrogens with one attached hydrogen (secondary N) is 2. The van der Waals surface area contributed by atoms with Crippen molar-refractivity contribution in [1.82, 2.24) is 0 Å². The molecule has 0 unspecified atom stereocenters. The normalized spacial score (nSPS) is 10.1. The zero-order valence-electron chi connectivity index (χ0n) is 10.2. The maximum Gasteiger partial charge on any atom is 0.175 e. The van der Waals surface area contributed by atoms with Crippen molar-refractivity contribution >= 4 is 62.9 Å². The minimum atomic E-state index is 0.562. The van der Waals surface area contributed by atoms with Gasteiger partial charge in [0.15, 0.2) is 5.11 Å². The summed E-state index contributed by atoms with van der Waals surface area (Å²) in [5.41, 5.74) is 2.97. The fraction of sp³-hybridized carbons (Fsp3) is 0.0714. The summed E-state index contributed by atoms with van der Waals surface area (Å²) in [6.45, 7) is 1.99. The second-order valence-electron chi connectivity index (χ2n) is 4.05. The molecule has 0 amide bonds. The van der Waals surface area contributed by atoms with Gasteiger partial charge in [0.2, 0.25) is 0 Å². The smallest absolute Gasteiger partial charge is 0.175 e. The van der Waals surface area contributed by atoms with Crippen molar-refractivity contribution < 1.29 is 0 Å². The molecule has 0 radical (unpaired) electrons. The molecule has 0 atom stereocenters. The van der Waals surface area contributed by atoms with Gasteiger partial charge in [0, 0.05) is 20.0 Å². The van der Waals surface area contributed by atoms with Crippen molar-refractivity contribution in [3.05, 3.63) is 56.6 Å². The lowest BCUT2D eigenvalue weighted by atomic mass is 10.2. The van der Waals surface area contributed by atoms with Gasteiger partial charge in [0.05, 0.1) is 0 Å². The number of rotatable bonds is 2. The maximum atomic E-state index is 5.92. The highest BCUT2D eigenvalue weighted by Gasteiger charge is 2.02. The number of benzene rings is 2. The van der Waals surface area contributed by atoms with Crippen LogP contribution in [0.25, 0.3) is 0 Å². The number of thiocarbonyl (C=S) groups is 1. The lowest BCUT2D eigenvalue weighted by Gasteiger charge is -2.12. The topological polar surface area (TPSA) is 24.1 Å². The molecule has 0 spiro atoms. The molecule has 2 aromatic carbocycles. The first-order valence-corrected chi connectivity index (χ1v) is 7.51. The summed E-state index contributed by atoms with van der Waals surface area (Å²) in [6.07, 6.45) is 0. The molecule has 0 aliphatic carbocycles. The number of hydrogen-bond donors (Lipinski definition) is 2. The molecule has 0 bridgehead atoms. The van der Waals surface area contributed by atoms with E-state index in [1.54, 1.807) is 0 Å². The Balaban J connectivity index is 2.03. The van der Waals surface area contributed by atoms with Crippen molar-refractivity contribution in [2.45, 2.75) is 6.92 Å². The van der Waals surface area contributed by atoms with E-state index in [0.29, 0.717) is 5.11 Å². The number of aryl methyl sites for hydroxylation is 1. The molecule has 2 rings (SSSR count). The summed E-state index contributed by atoms with van der Waals surface area (Å²) >= 11 is 13.5. The lowest BCUT2D eigenvalue weighted by Crippen LogP contribution is -2.19. The van der Waals surface area contributed by atoms with E-state index in [2.05, 4.69) is 33.2 Å². The van der Waals surface area contributed by atoms with Crippen LogP contribution in [-0.4, -0.2) is 5.11 Å². The van der Waals surface area contributed by atoms with Gasteiger partial charge in [-0.25, -0.2) is 0 Å². The van der Waals surface area contributed by atoms with Gasteiger partial charge in [0.1, 0.15) is 0 Å². The molecule has 98 valence electrons. The van der Waals surface area contributed by atoms with Crippen LogP contribution in [-0.2, 0) is 0 Å². The van der Waals surface area contributed by atoms with Crippen molar-refractivity contribution in [2.24, 2.45) is 0 Å². The Morgan fingerprint density at radius 1 is 1.11 bits per heavy atom. The van der Waals surface area contributed by atoms with Gasteiger partial charge in [-0.1, -0.05) is 11.6 Å². The van der Waals surface area contributed by atoms with Crippen molar-refractivity contribution in [2.75, 3.05) is 10.6 Å². The molecule has 5 heteroatoms. The molecular weight excluding hydrogens is 391 g/mol. The summed E-state index contributed by atoms with van der Waals surface area (Å²) in [7, 11) is 0. The average Bonchev–Trinajstić information content (AvgIpc) is 2.36. The Labute approximate surface area is 136 Å². The van der Waals surface area contributed by atoms with Crippen molar-refractivity contribution in [1.29, 1.82) is 0 Å². The molecule has 2 N–H and O–H groups in total. The van der Waals surface area contributed by atoms with Gasteiger partial charge >= 0.3 is 0 Å². The Morgan fingerprint density at radius 2 is 1.79 bits per heavy atom. The second-order valence-corrected chi connectivity index (χ2v) is 6.14. The van der Waals surface area contributed by atoms with Crippen LogP contribution < -0.4 is 10.6 Å². The molecule has 0 saturated carbocycles. The fourth-order valence-electron chi connectivity index (χ4n) is 1.59. The van der Waals surface area contributed by atoms with Gasteiger partial charge in [0.25, 0.3) is 0 Å². The van der Waals surface area contributed by atoms with E-state index in [0.717, 1.165) is 22.0 Å². The van der Waals surface area contributed by atoms with E-state index >= 15 is 0 Å². The van der Waals surface area contributed by atoms with Crippen LogP contribution in [0.1, 0.15) is 5.56 Å². The minimum absolute atomic E-state index is 0.562. The van der Waals surface area contributed by atoms with E-state index in [-0.39, 0.29) is 0 Å². The lowest BCUT2D eigenvalue weighted by molar-refractivity contribution is 1.45. The zero-order chi connectivity index (χ0) is 13.8. The molecule has 0 aromatic heterocycles. The summed E-state index contributed by atoms with van der Waals surface area (Å²) in [5, 5.41) is 7.59. The first-order chi connectivity index (χ1) is 9.04. The largest absolute Gasteiger partial charge is 0.332 e. The minimum Gasteiger partial charge on any atom is -0.332 e. The number of halogens is 2. The SMILES string of the molecule is Cc1cc(Cl)ccc1NC(=S)Nc1ccc(I)cc1. The van der Waals surface area contributed by atoms with Gasteiger partial charge in [-0.05, 0) is 89.8 Å². The predicted molar refractivity (Wildman–Crippen MR) is 95.2 cm³/mol. The predicted octanol–water partition coefficient (Wildman–Crippen LogP) is 5.06. The van der Waals surface area contributed by atoms with E-state index in [1.807, 2.05) is 49.4 Å². The molecule has 0 fully saturated rings. The third-order valence-electron chi connectivity index (χ3n) is 2.54. The second kappa shape index (κ2) is 6.54. The highest BCUT2D eigenvalue weighted by molar-refractivity contribution is 14.1. The Kier molecular flexibility index (Phi) is 5.01. The first-order valence-electron chi connectivity index (χ1n) is 5.64. The molecular formula is C14H12ClIN2S. The molecule has 0 saturated heterocycles. The average molecular weight is 403 g/mol. The third kappa shape index (κ3) is 4.33. The molecule has 2 aromatic rings. The number of hydrogen-bond acceptors (Lipinski definition) is 1. The molecule has 2 nitrogen and oxygen atoms in total. The van der Waals surface area contributed by atoms with Gasteiger partial charge in [-0.2, -0.15) is 0 Å². The monoisotopic (exact) mass is 402 g/mol. The van der Waals surface area contributed by atoms with Gasteiger partial charge in [-0.15, -0.1) is 0 Å². The highest BCUT2D eigenvalue weighted by Crippen LogP contribution is 2.20. The fourth-order valence-corrected chi connectivity index (χ4v) is 2.40. The Bertz CT molecular complexity index is 599. The summed E-state index contributed by atoms with van der Waals surface area (Å²) in [6, 6.07) is 13.7. The number of anilines is 2. The standard InChI is InChI=1S/C14H12ClIN2S/c1-9-8-10(15)2-7-13(9)18-14(19)17-12-5-3-11(16)4-6-12/h2-8H,1H3,(H2,17,18,19). The van der Waals surface area contributed by atoms with E-state index in [9.17, 15) is 0 Å². The zero-order valence-corrected chi connectivity index (χ0v) is 13.9. The van der Waals surface area contributed by atoms with Gasteiger partial charge in [-0.3, -0.25) is 0 Å². The molecule has 0 aliphatic rings. The summed E-state index contributed by atoms with van der Waals surface area (Å²) in [5.74, 6) is 0. The van der Waals surface area contributed by atoms with Gasteiger partial charge < -0.3 is 10.6 Å². The van der Waals surface area contributed by atoms with Crippen LogP contribution in [0.4, 0.5) is 11.4 Å². The Morgan fingerprint density at radius 3 is 2.42 bits per heavy atom. The van der Waals surface area contributed by atoms with Crippen LogP contribution in [0.2, 0.25) is 5.02 Å². The van der Waals surface area contributed by atoms with Crippen molar-refractivity contribution in [3.8, 4) is 0 Å². The van der Waals surface area contributed by atoms with Crippen LogP contribution in [0, 0.1) is 10.5 Å². The van der Waals surface area contributed by atoms with E-state index < -0.39 is 0 Å². The van der Waals surface area contributed by atoms with Crippen LogP contribution in [0.5, 0.6) is 0 Å². The summed E-state index contributed by atoms with van der Waals surface area (Å²) < 4.78 is 1.19.